The Labute approximate surface area is 68.0 Å². The minimum absolute atomic E-state index is 0.00347. The van der Waals surface area contributed by atoms with Crippen LogP contribution in [0.5, 0.6) is 0 Å². The highest BCUT2D eigenvalue weighted by Crippen LogP contribution is 2.40. The predicted octanol–water partition coefficient (Wildman–Crippen LogP) is 3.86. The Kier molecular flexibility index (Phi) is 4.62. The molecular weight excluding hydrogens is 146 g/mol. The van der Waals surface area contributed by atoms with Crippen molar-refractivity contribution in [3.8, 4) is 0 Å². The lowest BCUT2D eigenvalue weighted by Gasteiger charge is -2.11. The Hall–Kier alpha value is -0.140. The molecule has 2 heteroatoms. The standard InChI is InChI=1S/C7H12F2.C2H6/c1-2-7(8,9)5-6-3-4-6;1-2/h6H,2-5H2,1H3;1-2H3. The topological polar surface area (TPSA) is 0 Å². The molecule has 1 rings (SSSR count). The van der Waals surface area contributed by atoms with Crippen LogP contribution in [0.4, 0.5) is 8.78 Å². The van der Waals surface area contributed by atoms with E-state index < -0.39 is 5.92 Å². The van der Waals surface area contributed by atoms with Gasteiger partial charge in [0.05, 0.1) is 0 Å². The van der Waals surface area contributed by atoms with Gasteiger partial charge in [-0.2, -0.15) is 0 Å². The molecule has 0 saturated heterocycles. The molecule has 0 aromatic heterocycles. The summed E-state index contributed by atoms with van der Waals surface area (Å²) in [7, 11) is 0. The van der Waals surface area contributed by atoms with Crippen LogP contribution in [0.3, 0.4) is 0 Å². The third-order valence-electron chi connectivity index (χ3n) is 1.80. The predicted molar refractivity (Wildman–Crippen MR) is 43.9 cm³/mol. The number of hydrogen-bond donors (Lipinski definition) is 0. The molecule has 0 atom stereocenters. The Balaban J connectivity index is 0.000000461. The summed E-state index contributed by atoms with van der Waals surface area (Å²) in [5.74, 6) is -2.03. The number of alkyl halides is 2. The molecule has 0 amide bonds. The van der Waals surface area contributed by atoms with E-state index >= 15 is 0 Å². The highest BCUT2D eigenvalue weighted by Gasteiger charge is 2.35. The Morgan fingerprint density at radius 1 is 1.27 bits per heavy atom. The van der Waals surface area contributed by atoms with Gasteiger partial charge in [-0.1, -0.05) is 20.8 Å². The van der Waals surface area contributed by atoms with Crippen LogP contribution in [0.15, 0.2) is 0 Å². The summed E-state index contributed by atoms with van der Waals surface area (Å²) in [6, 6.07) is 0. The first-order valence-corrected chi connectivity index (χ1v) is 4.52. The maximum absolute atomic E-state index is 12.4. The van der Waals surface area contributed by atoms with Crippen LogP contribution in [0.1, 0.15) is 46.5 Å². The largest absolute Gasteiger partial charge is 0.248 e. The van der Waals surface area contributed by atoms with E-state index in [-0.39, 0.29) is 12.8 Å². The normalized spacial score (nSPS) is 17.2. The molecule has 1 fully saturated rings. The van der Waals surface area contributed by atoms with Crippen molar-refractivity contribution in [2.24, 2.45) is 5.92 Å². The SMILES string of the molecule is CC.CCC(F)(F)CC1CC1. The molecule has 0 aliphatic heterocycles. The van der Waals surface area contributed by atoms with E-state index in [1.165, 1.54) is 0 Å². The number of hydrogen-bond acceptors (Lipinski definition) is 0. The van der Waals surface area contributed by atoms with E-state index in [9.17, 15) is 8.78 Å². The minimum atomic E-state index is -2.37. The molecule has 0 bridgehead atoms. The van der Waals surface area contributed by atoms with Crippen molar-refractivity contribution in [3.63, 3.8) is 0 Å². The fourth-order valence-electron chi connectivity index (χ4n) is 0.889. The number of rotatable bonds is 3. The molecule has 0 aromatic carbocycles. The van der Waals surface area contributed by atoms with Gasteiger partial charge >= 0.3 is 0 Å². The minimum Gasteiger partial charge on any atom is -0.207 e. The summed E-state index contributed by atoms with van der Waals surface area (Å²) in [5, 5.41) is 0. The van der Waals surface area contributed by atoms with E-state index in [1.54, 1.807) is 6.92 Å². The average Bonchev–Trinajstić information content (AvgIpc) is 2.76. The molecule has 0 heterocycles. The van der Waals surface area contributed by atoms with Crippen molar-refractivity contribution < 1.29 is 8.78 Å². The van der Waals surface area contributed by atoms with Gasteiger partial charge in [0.2, 0.25) is 5.92 Å². The lowest BCUT2D eigenvalue weighted by atomic mass is 10.1. The van der Waals surface area contributed by atoms with Gasteiger partial charge < -0.3 is 0 Å². The van der Waals surface area contributed by atoms with E-state index in [2.05, 4.69) is 0 Å². The zero-order valence-corrected chi connectivity index (χ0v) is 7.66. The molecule has 11 heavy (non-hydrogen) atoms. The Morgan fingerprint density at radius 3 is 2.00 bits per heavy atom. The monoisotopic (exact) mass is 164 g/mol. The summed E-state index contributed by atoms with van der Waals surface area (Å²) in [5.41, 5.74) is 0. The molecule has 0 unspecified atom stereocenters. The summed E-state index contributed by atoms with van der Waals surface area (Å²) >= 11 is 0. The fourth-order valence-corrected chi connectivity index (χ4v) is 0.889. The molecular formula is C9H18F2. The summed E-state index contributed by atoms with van der Waals surface area (Å²) in [6.45, 7) is 5.54. The molecule has 0 radical (unpaired) electrons. The first-order chi connectivity index (χ1) is 5.14. The van der Waals surface area contributed by atoms with Gasteiger partial charge in [0, 0.05) is 12.8 Å². The van der Waals surface area contributed by atoms with Crippen molar-refractivity contribution >= 4 is 0 Å². The Bertz CT molecular complexity index is 95.7. The zero-order chi connectivity index (χ0) is 8.91. The van der Waals surface area contributed by atoms with Crippen LogP contribution in [-0.2, 0) is 0 Å². The summed E-state index contributed by atoms with van der Waals surface area (Å²) < 4.78 is 24.9. The van der Waals surface area contributed by atoms with E-state index in [1.807, 2.05) is 13.8 Å². The highest BCUT2D eigenvalue weighted by molar-refractivity contribution is 4.79. The summed E-state index contributed by atoms with van der Waals surface area (Å²) in [6.07, 6.45) is 2.18. The van der Waals surface area contributed by atoms with Gasteiger partial charge in [-0.15, -0.1) is 0 Å². The second-order valence-electron chi connectivity index (χ2n) is 2.86. The molecule has 1 saturated carbocycles. The van der Waals surface area contributed by atoms with Crippen LogP contribution < -0.4 is 0 Å². The maximum atomic E-state index is 12.4. The Morgan fingerprint density at radius 2 is 1.73 bits per heavy atom. The summed E-state index contributed by atoms with van der Waals surface area (Å²) in [4.78, 5) is 0. The van der Waals surface area contributed by atoms with Gasteiger partial charge in [-0.25, -0.2) is 8.78 Å². The van der Waals surface area contributed by atoms with Gasteiger partial charge in [-0.3, -0.25) is 0 Å². The van der Waals surface area contributed by atoms with Gasteiger partial charge in [-0.05, 0) is 18.8 Å². The van der Waals surface area contributed by atoms with Crippen LogP contribution >= 0.6 is 0 Å². The van der Waals surface area contributed by atoms with Crippen LogP contribution in [0.25, 0.3) is 0 Å². The molecule has 1 aliphatic carbocycles. The lowest BCUT2D eigenvalue weighted by Crippen LogP contribution is -2.14. The first-order valence-electron chi connectivity index (χ1n) is 4.52. The second kappa shape index (κ2) is 4.68. The molecule has 0 N–H and O–H groups in total. The smallest absolute Gasteiger partial charge is 0.207 e. The third kappa shape index (κ3) is 5.16. The third-order valence-corrected chi connectivity index (χ3v) is 1.80. The second-order valence-corrected chi connectivity index (χ2v) is 2.86. The first kappa shape index (κ1) is 10.9. The van der Waals surface area contributed by atoms with E-state index in [0.717, 1.165) is 12.8 Å². The van der Waals surface area contributed by atoms with Crippen molar-refractivity contribution in [2.45, 2.75) is 52.4 Å². The van der Waals surface area contributed by atoms with E-state index in [0.29, 0.717) is 5.92 Å². The molecule has 1 aliphatic rings. The van der Waals surface area contributed by atoms with Gasteiger partial charge in [0.15, 0.2) is 0 Å². The quantitative estimate of drug-likeness (QED) is 0.594. The number of halogens is 2. The highest BCUT2D eigenvalue weighted by atomic mass is 19.3. The van der Waals surface area contributed by atoms with Crippen LogP contribution in [0, 0.1) is 5.92 Å². The van der Waals surface area contributed by atoms with Crippen molar-refractivity contribution in [1.82, 2.24) is 0 Å². The molecule has 0 aromatic rings. The van der Waals surface area contributed by atoms with Crippen molar-refractivity contribution in [2.75, 3.05) is 0 Å². The zero-order valence-electron chi connectivity index (χ0n) is 7.66. The van der Waals surface area contributed by atoms with Crippen LogP contribution in [0.2, 0.25) is 0 Å². The van der Waals surface area contributed by atoms with Gasteiger partial charge in [0.25, 0.3) is 0 Å². The molecule has 68 valence electrons. The fraction of sp³-hybridized carbons (Fsp3) is 1.00. The molecule has 0 spiro atoms. The van der Waals surface area contributed by atoms with Crippen LogP contribution in [-0.4, -0.2) is 5.92 Å². The van der Waals surface area contributed by atoms with Gasteiger partial charge in [0.1, 0.15) is 0 Å². The molecule has 0 nitrogen and oxygen atoms in total. The average molecular weight is 164 g/mol. The maximum Gasteiger partial charge on any atom is 0.248 e. The van der Waals surface area contributed by atoms with Crippen molar-refractivity contribution in [3.05, 3.63) is 0 Å². The van der Waals surface area contributed by atoms with E-state index in [4.69, 9.17) is 0 Å². The lowest BCUT2D eigenvalue weighted by molar-refractivity contribution is -0.0166. The van der Waals surface area contributed by atoms with Crippen molar-refractivity contribution in [1.29, 1.82) is 0 Å².